The summed E-state index contributed by atoms with van der Waals surface area (Å²) in [7, 11) is 1.63. The van der Waals surface area contributed by atoms with Crippen LogP contribution in [0, 0.1) is 6.92 Å². The molecule has 2 heterocycles. The van der Waals surface area contributed by atoms with Crippen molar-refractivity contribution in [2.75, 3.05) is 18.9 Å². The summed E-state index contributed by atoms with van der Waals surface area (Å²) in [4.78, 5) is 24.1. The fourth-order valence-electron chi connectivity index (χ4n) is 3.18. The smallest absolute Gasteiger partial charge is 0.319 e. The number of rotatable bonds is 5. The molecule has 1 aliphatic rings. The van der Waals surface area contributed by atoms with Crippen molar-refractivity contribution < 1.29 is 9.59 Å². The maximum atomic E-state index is 12.4. The Labute approximate surface area is 164 Å². The molecule has 0 spiro atoms. The van der Waals surface area contributed by atoms with Gasteiger partial charge in [0, 0.05) is 19.3 Å². The normalized spacial score (nSPS) is 19.3. The summed E-state index contributed by atoms with van der Waals surface area (Å²) < 4.78 is 1.76. The lowest BCUT2D eigenvalue weighted by Gasteiger charge is -2.24. The van der Waals surface area contributed by atoms with Crippen LogP contribution in [0.5, 0.6) is 0 Å². The first-order valence-electron chi connectivity index (χ1n) is 9.31. The molecule has 0 bridgehead atoms. The minimum absolute atomic E-state index is 0.0300. The third-order valence-electron chi connectivity index (χ3n) is 4.93. The molecular weight excluding hydrogens is 358 g/mol. The molecule has 3 rings (SSSR count). The number of hydrogen-bond donors (Lipinski definition) is 4. The van der Waals surface area contributed by atoms with Crippen LogP contribution in [-0.4, -0.2) is 46.6 Å². The van der Waals surface area contributed by atoms with Gasteiger partial charge in [-0.2, -0.15) is 0 Å². The maximum Gasteiger partial charge on any atom is 0.319 e. The lowest BCUT2D eigenvalue weighted by Crippen LogP contribution is -2.43. The monoisotopic (exact) mass is 385 g/mol. The van der Waals surface area contributed by atoms with Crippen molar-refractivity contribution in [3.63, 3.8) is 0 Å². The van der Waals surface area contributed by atoms with Crippen LogP contribution in [0.4, 0.5) is 10.5 Å². The van der Waals surface area contributed by atoms with Gasteiger partial charge in [0.2, 0.25) is 5.91 Å². The predicted octanol–water partition coefficient (Wildman–Crippen LogP) is 1.29. The third-order valence-corrected chi connectivity index (χ3v) is 4.93. The second-order valence-electron chi connectivity index (χ2n) is 7.62. The van der Waals surface area contributed by atoms with Crippen molar-refractivity contribution in [1.82, 2.24) is 30.9 Å². The largest absolute Gasteiger partial charge is 0.358 e. The number of carbonyl (C=O) groups is 2. The SMILES string of the molecule is CNC(=O)C1CC(n2cc(C(C)(C)NC(=O)Nc3ccc(C)cc3)nn2)CN1. The zero-order chi connectivity index (χ0) is 20.3. The molecule has 0 aliphatic carbocycles. The molecule has 9 nitrogen and oxygen atoms in total. The van der Waals surface area contributed by atoms with Crippen LogP contribution >= 0.6 is 0 Å². The van der Waals surface area contributed by atoms with E-state index in [-0.39, 0.29) is 24.0 Å². The predicted molar refractivity (Wildman–Crippen MR) is 106 cm³/mol. The quantitative estimate of drug-likeness (QED) is 0.620. The van der Waals surface area contributed by atoms with E-state index in [0.29, 0.717) is 18.7 Å². The highest BCUT2D eigenvalue weighted by molar-refractivity contribution is 5.89. The summed E-state index contributed by atoms with van der Waals surface area (Å²) in [5, 5.41) is 20.0. The van der Waals surface area contributed by atoms with Gasteiger partial charge in [-0.3, -0.25) is 4.79 Å². The van der Waals surface area contributed by atoms with Gasteiger partial charge in [0.1, 0.15) is 5.69 Å². The van der Waals surface area contributed by atoms with Crippen LogP contribution in [0.25, 0.3) is 0 Å². The van der Waals surface area contributed by atoms with E-state index >= 15 is 0 Å². The van der Waals surface area contributed by atoms with Gasteiger partial charge in [0.15, 0.2) is 0 Å². The van der Waals surface area contributed by atoms with Crippen LogP contribution in [-0.2, 0) is 10.3 Å². The number of likely N-dealkylation sites (N-methyl/N-ethyl adjacent to an activating group) is 1. The van der Waals surface area contributed by atoms with Crippen LogP contribution in [0.3, 0.4) is 0 Å². The minimum Gasteiger partial charge on any atom is -0.358 e. The average molecular weight is 385 g/mol. The Morgan fingerprint density at radius 1 is 1.25 bits per heavy atom. The molecular formula is C19H27N7O2. The Morgan fingerprint density at radius 3 is 2.64 bits per heavy atom. The second kappa shape index (κ2) is 7.97. The molecule has 1 aromatic heterocycles. The summed E-state index contributed by atoms with van der Waals surface area (Å²) in [6.07, 6.45) is 2.47. The van der Waals surface area contributed by atoms with E-state index in [9.17, 15) is 9.59 Å². The molecule has 0 saturated carbocycles. The van der Waals surface area contributed by atoms with Gasteiger partial charge in [-0.05, 0) is 39.3 Å². The highest BCUT2D eigenvalue weighted by Gasteiger charge is 2.32. The number of hydrogen-bond acceptors (Lipinski definition) is 5. The second-order valence-corrected chi connectivity index (χ2v) is 7.62. The molecule has 3 amide bonds. The first-order valence-corrected chi connectivity index (χ1v) is 9.31. The van der Waals surface area contributed by atoms with Crippen molar-refractivity contribution in [3.05, 3.63) is 41.7 Å². The third kappa shape index (κ3) is 4.48. The molecule has 4 N–H and O–H groups in total. The van der Waals surface area contributed by atoms with Crippen LogP contribution < -0.4 is 21.3 Å². The molecule has 1 aromatic carbocycles. The maximum absolute atomic E-state index is 12.4. The average Bonchev–Trinajstić information content (AvgIpc) is 3.32. The number of carbonyl (C=O) groups excluding carboxylic acids is 2. The summed E-state index contributed by atoms with van der Waals surface area (Å²) in [6.45, 7) is 6.38. The molecule has 0 radical (unpaired) electrons. The Bertz CT molecular complexity index is 844. The zero-order valence-electron chi connectivity index (χ0n) is 16.6. The van der Waals surface area contributed by atoms with Crippen molar-refractivity contribution in [3.8, 4) is 0 Å². The van der Waals surface area contributed by atoms with Gasteiger partial charge in [-0.1, -0.05) is 22.9 Å². The van der Waals surface area contributed by atoms with E-state index in [0.717, 1.165) is 11.3 Å². The summed E-state index contributed by atoms with van der Waals surface area (Å²) in [5.74, 6) is -0.0300. The van der Waals surface area contributed by atoms with E-state index in [1.54, 1.807) is 11.7 Å². The Hall–Kier alpha value is -2.94. The van der Waals surface area contributed by atoms with E-state index in [1.165, 1.54) is 0 Å². The highest BCUT2D eigenvalue weighted by atomic mass is 16.2. The van der Waals surface area contributed by atoms with E-state index in [4.69, 9.17) is 0 Å². The number of nitrogens with zero attached hydrogens (tertiary/aromatic N) is 3. The topological polar surface area (TPSA) is 113 Å². The van der Waals surface area contributed by atoms with Gasteiger partial charge < -0.3 is 21.3 Å². The first kappa shape index (κ1) is 19.8. The number of benzene rings is 1. The van der Waals surface area contributed by atoms with Gasteiger partial charge in [0.05, 0.1) is 23.8 Å². The zero-order valence-corrected chi connectivity index (χ0v) is 16.6. The summed E-state index contributed by atoms with van der Waals surface area (Å²) >= 11 is 0. The number of aromatic nitrogens is 3. The van der Waals surface area contributed by atoms with Crippen LogP contribution in [0.1, 0.15) is 37.6 Å². The van der Waals surface area contributed by atoms with E-state index < -0.39 is 5.54 Å². The number of urea groups is 1. The molecule has 150 valence electrons. The standard InChI is InChI=1S/C19H27N7O2/c1-12-5-7-13(8-6-12)22-18(28)23-19(2,3)16-11-26(25-24-16)14-9-15(21-10-14)17(27)20-4/h5-8,11,14-15,21H,9-10H2,1-4H3,(H,20,27)(H2,22,23,28). The van der Waals surface area contributed by atoms with Crippen LogP contribution in [0.2, 0.25) is 0 Å². The number of amides is 3. The molecule has 1 fully saturated rings. The van der Waals surface area contributed by atoms with Gasteiger partial charge in [0.25, 0.3) is 0 Å². The highest BCUT2D eigenvalue weighted by Crippen LogP contribution is 2.23. The van der Waals surface area contributed by atoms with E-state index in [2.05, 4.69) is 31.6 Å². The molecule has 1 aliphatic heterocycles. The summed E-state index contributed by atoms with van der Waals surface area (Å²) in [6, 6.07) is 7.09. The molecule has 2 unspecified atom stereocenters. The molecule has 28 heavy (non-hydrogen) atoms. The van der Waals surface area contributed by atoms with Crippen molar-refractivity contribution >= 4 is 17.6 Å². The van der Waals surface area contributed by atoms with Crippen molar-refractivity contribution in [2.45, 2.75) is 44.8 Å². The van der Waals surface area contributed by atoms with Gasteiger partial charge in [-0.25, -0.2) is 9.48 Å². The minimum atomic E-state index is -0.709. The van der Waals surface area contributed by atoms with Gasteiger partial charge >= 0.3 is 6.03 Å². The first-order chi connectivity index (χ1) is 13.3. The summed E-state index contributed by atoms with van der Waals surface area (Å²) in [5.41, 5.74) is 1.79. The Morgan fingerprint density at radius 2 is 1.96 bits per heavy atom. The molecule has 1 saturated heterocycles. The molecule has 2 aromatic rings. The van der Waals surface area contributed by atoms with Gasteiger partial charge in [-0.15, -0.1) is 5.10 Å². The molecule has 2 atom stereocenters. The fourth-order valence-corrected chi connectivity index (χ4v) is 3.18. The lowest BCUT2D eigenvalue weighted by molar-refractivity contribution is -0.122. The van der Waals surface area contributed by atoms with Crippen molar-refractivity contribution in [1.29, 1.82) is 0 Å². The van der Waals surface area contributed by atoms with Crippen LogP contribution in [0.15, 0.2) is 30.5 Å². The van der Waals surface area contributed by atoms with E-state index in [1.807, 2.05) is 51.2 Å². The lowest BCUT2D eigenvalue weighted by atomic mass is 10.0. The fraction of sp³-hybridized carbons (Fsp3) is 0.474. The Balaban J connectivity index is 1.62. The Kier molecular flexibility index (Phi) is 5.64. The number of anilines is 1. The molecule has 9 heteroatoms. The number of nitrogens with one attached hydrogen (secondary N) is 4. The number of aryl methyl sites for hydroxylation is 1. The van der Waals surface area contributed by atoms with Crippen molar-refractivity contribution in [2.24, 2.45) is 0 Å².